The van der Waals surface area contributed by atoms with Gasteiger partial charge in [-0.15, -0.1) is 0 Å². The molecule has 0 spiro atoms. The lowest BCUT2D eigenvalue weighted by molar-refractivity contribution is 0.0601. The lowest BCUT2D eigenvalue weighted by Crippen LogP contribution is -2.31. The summed E-state index contributed by atoms with van der Waals surface area (Å²) in [5, 5.41) is 7.34. The fourth-order valence-electron chi connectivity index (χ4n) is 1.19. The zero-order valence-corrected chi connectivity index (χ0v) is 11.1. The first-order chi connectivity index (χ1) is 8.67. The summed E-state index contributed by atoms with van der Waals surface area (Å²) < 4.78 is 4.61. The fourth-order valence-corrected chi connectivity index (χ4v) is 1.39. The van der Waals surface area contributed by atoms with E-state index in [2.05, 4.69) is 20.6 Å². The minimum atomic E-state index is -0.357. The minimum absolute atomic E-state index is 0.357. The molecule has 0 aliphatic rings. The number of hydrogen-bond donors (Lipinski definition) is 2. The van der Waals surface area contributed by atoms with E-state index in [0.29, 0.717) is 10.7 Å². The quantitative estimate of drug-likeness (QED) is 0.372. The van der Waals surface area contributed by atoms with Crippen molar-refractivity contribution in [2.45, 2.75) is 6.92 Å². The number of ether oxygens (including phenoxy) is 1. The smallest absolute Gasteiger partial charge is 0.337 e. The van der Waals surface area contributed by atoms with E-state index in [0.717, 1.165) is 12.1 Å². The predicted molar refractivity (Wildman–Crippen MR) is 74.8 cm³/mol. The third kappa shape index (κ3) is 4.50. The topological polar surface area (TPSA) is 62.7 Å². The van der Waals surface area contributed by atoms with Crippen molar-refractivity contribution in [3.63, 3.8) is 0 Å². The number of benzene rings is 1. The monoisotopic (exact) mass is 265 g/mol. The van der Waals surface area contributed by atoms with Crippen molar-refractivity contribution in [3.05, 3.63) is 35.4 Å². The summed E-state index contributed by atoms with van der Waals surface area (Å²) >= 11 is 4.94. The molecule has 96 valence electrons. The summed E-state index contributed by atoms with van der Waals surface area (Å²) in [4.78, 5) is 11.2. The van der Waals surface area contributed by atoms with Crippen LogP contribution in [0.4, 0.5) is 0 Å². The number of esters is 1. The van der Waals surface area contributed by atoms with E-state index in [1.807, 2.05) is 6.92 Å². The zero-order valence-electron chi connectivity index (χ0n) is 10.3. The van der Waals surface area contributed by atoms with E-state index in [-0.39, 0.29) is 5.97 Å². The molecule has 0 heterocycles. The number of thiocarbonyl (C=S) groups is 1. The highest BCUT2D eigenvalue weighted by Crippen LogP contribution is 2.03. The van der Waals surface area contributed by atoms with Crippen LogP contribution in [-0.4, -0.2) is 31.0 Å². The molecule has 0 aliphatic carbocycles. The molecule has 1 aromatic rings. The number of hydrogen-bond acceptors (Lipinski definition) is 4. The first kappa shape index (κ1) is 14.1. The van der Waals surface area contributed by atoms with Crippen molar-refractivity contribution in [1.82, 2.24) is 10.7 Å². The summed E-state index contributed by atoms with van der Waals surface area (Å²) in [7, 11) is 1.35. The van der Waals surface area contributed by atoms with E-state index in [1.165, 1.54) is 7.11 Å². The van der Waals surface area contributed by atoms with Gasteiger partial charge in [-0.25, -0.2) is 4.79 Å². The van der Waals surface area contributed by atoms with Crippen LogP contribution in [-0.2, 0) is 4.74 Å². The second-order valence-corrected chi connectivity index (χ2v) is 3.75. The van der Waals surface area contributed by atoms with Crippen molar-refractivity contribution in [1.29, 1.82) is 0 Å². The Labute approximate surface area is 111 Å². The van der Waals surface area contributed by atoms with Gasteiger partial charge in [0.1, 0.15) is 0 Å². The highest BCUT2D eigenvalue weighted by atomic mass is 32.1. The molecule has 0 bridgehead atoms. The molecule has 0 radical (unpaired) electrons. The van der Waals surface area contributed by atoms with Gasteiger partial charge in [-0.05, 0) is 36.8 Å². The third-order valence-corrected chi connectivity index (χ3v) is 2.28. The molecule has 0 saturated carbocycles. The number of rotatable bonds is 4. The van der Waals surface area contributed by atoms with Crippen molar-refractivity contribution in [2.24, 2.45) is 5.10 Å². The van der Waals surface area contributed by atoms with Gasteiger partial charge in [0.05, 0.1) is 18.9 Å². The maximum atomic E-state index is 11.2. The predicted octanol–water partition coefficient (Wildman–Crippen LogP) is 1.29. The lowest BCUT2D eigenvalue weighted by Gasteiger charge is -2.02. The van der Waals surface area contributed by atoms with Crippen LogP contribution in [0.3, 0.4) is 0 Å². The highest BCUT2D eigenvalue weighted by molar-refractivity contribution is 7.80. The Kier molecular flexibility index (Phi) is 5.79. The SMILES string of the molecule is CCNC(=S)N/N=C\c1ccc(C(=O)OC)cc1. The Morgan fingerprint density at radius 2 is 2.11 bits per heavy atom. The Balaban J connectivity index is 2.56. The molecule has 0 amide bonds. The Morgan fingerprint density at radius 1 is 1.44 bits per heavy atom. The molecule has 1 rings (SSSR count). The van der Waals surface area contributed by atoms with Crippen LogP contribution in [0.2, 0.25) is 0 Å². The molecule has 0 atom stereocenters. The van der Waals surface area contributed by atoms with Crippen molar-refractivity contribution in [2.75, 3.05) is 13.7 Å². The normalized spacial score (nSPS) is 10.1. The number of hydrazone groups is 1. The first-order valence-corrected chi connectivity index (χ1v) is 5.83. The molecular formula is C12H15N3O2S. The van der Waals surface area contributed by atoms with Crippen molar-refractivity contribution in [3.8, 4) is 0 Å². The van der Waals surface area contributed by atoms with Gasteiger partial charge < -0.3 is 10.1 Å². The molecule has 0 aromatic heterocycles. The van der Waals surface area contributed by atoms with Gasteiger partial charge in [0.2, 0.25) is 0 Å². The van der Waals surface area contributed by atoms with Gasteiger partial charge >= 0.3 is 5.97 Å². The van der Waals surface area contributed by atoms with E-state index in [4.69, 9.17) is 12.2 Å². The summed E-state index contributed by atoms with van der Waals surface area (Å²) in [5.41, 5.74) is 4.04. The van der Waals surface area contributed by atoms with Crippen LogP contribution in [0.15, 0.2) is 29.4 Å². The Bertz CT molecular complexity index is 443. The minimum Gasteiger partial charge on any atom is -0.465 e. The fraction of sp³-hybridized carbons (Fsp3) is 0.250. The molecule has 0 fully saturated rings. The van der Waals surface area contributed by atoms with Gasteiger partial charge in [-0.1, -0.05) is 12.1 Å². The number of nitrogens with one attached hydrogen (secondary N) is 2. The van der Waals surface area contributed by atoms with Gasteiger partial charge in [0.15, 0.2) is 5.11 Å². The molecule has 0 unspecified atom stereocenters. The first-order valence-electron chi connectivity index (χ1n) is 5.42. The molecule has 5 nitrogen and oxygen atoms in total. The number of carbonyl (C=O) groups is 1. The van der Waals surface area contributed by atoms with Crippen LogP contribution < -0.4 is 10.7 Å². The average molecular weight is 265 g/mol. The van der Waals surface area contributed by atoms with Crippen LogP contribution in [0.25, 0.3) is 0 Å². The summed E-state index contributed by atoms with van der Waals surface area (Å²) in [6.45, 7) is 2.69. The summed E-state index contributed by atoms with van der Waals surface area (Å²) in [6, 6.07) is 6.90. The van der Waals surface area contributed by atoms with Gasteiger partial charge in [0.25, 0.3) is 0 Å². The molecule has 0 saturated heterocycles. The van der Waals surface area contributed by atoms with Crippen LogP contribution >= 0.6 is 12.2 Å². The third-order valence-electron chi connectivity index (χ3n) is 2.05. The lowest BCUT2D eigenvalue weighted by atomic mass is 10.1. The largest absolute Gasteiger partial charge is 0.465 e. The summed E-state index contributed by atoms with van der Waals surface area (Å²) in [6.07, 6.45) is 1.62. The van der Waals surface area contributed by atoms with Crippen LogP contribution in [0, 0.1) is 0 Å². The maximum absolute atomic E-state index is 11.2. The van der Waals surface area contributed by atoms with Gasteiger partial charge in [0, 0.05) is 6.54 Å². The molecule has 6 heteroatoms. The van der Waals surface area contributed by atoms with Gasteiger partial charge in [-0.3, -0.25) is 5.43 Å². The van der Waals surface area contributed by atoms with Crippen molar-refractivity contribution < 1.29 is 9.53 Å². The van der Waals surface area contributed by atoms with Crippen molar-refractivity contribution >= 4 is 29.5 Å². The standard InChI is InChI=1S/C12H15N3O2S/c1-3-13-12(18)15-14-8-9-4-6-10(7-5-9)11(16)17-2/h4-8H,3H2,1-2H3,(H2,13,15,18)/b14-8-. The number of methoxy groups -OCH3 is 1. The number of nitrogens with zero attached hydrogens (tertiary/aromatic N) is 1. The van der Waals surface area contributed by atoms with Gasteiger partial charge in [-0.2, -0.15) is 5.10 Å². The Hall–Kier alpha value is -1.95. The zero-order chi connectivity index (χ0) is 13.4. The van der Waals surface area contributed by atoms with Crippen LogP contribution in [0.1, 0.15) is 22.8 Å². The molecular weight excluding hydrogens is 250 g/mol. The van der Waals surface area contributed by atoms with E-state index < -0.39 is 0 Å². The maximum Gasteiger partial charge on any atom is 0.337 e. The number of carbonyl (C=O) groups excluding carboxylic acids is 1. The second-order valence-electron chi connectivity index (χ2n) is 3.34. The highest BCUT2D eigenvalue weighted by Gasteiger charge is 2.03. The summed E-state index contributed by atoms with van der Waals surface area (Å²) in [5.74, 6) is -0.357. The molecule has 0 aliphatic heterocycles. The second kappa shape index (κ2) is 7.39. The molecule has 2 N–H and O–H groups in total. The van der Waals surface area contributed by atoms with E-state index >= 15 is 0 Å². The molecule has 1 aromatic carbocycles. The average Bonchev–Trinajstić information content (AvgIpc) is 2.39. The van der Waals surface area contributed by atoms with E-state index in [9.17, 15) is 4.79 Å². The van der Waals surface area contributed by atoms with E-state index in [1.54, 1.807) is 30.5 Å². The van der Waals surface area contributed by atoms with Crippen LogP contribution in [0.5, 0.6) is 0 Å². The molecule has 18 heavy (non-hydrogen) atoms. The Morgan fingerprint density at radius 3 is 2.67 bits per heavy atom.